The molecule has 2 heterocycles. The van der Waals surface area contributed by atoms with Gasteiger partial charge in [0, 0.05) is 17.1 Å². The molecule has 3 N–H and O–H groups in total. The Labute approximate surface area is 163 Å². The van der Waals surface area contributed by atoms with E-state index in [9.17, 15) is 4.79 Å². The molecule has 0 bridgehead atoms. The number of rotatable bonds is 5. The lowest BCUT2D eigenvalue weighted by Gasteiger charge is -2.12. The molecular formula is C22H23N5O. The van der Waals surface area contributed by atoms with Crippen molar-refractivity contribution in [3.8, 4) is 5.69 Å². The van der Waals surface area contributed by atoms with Crippen LogP contribution in [-0.4, -0.2) is 20.4 Å². The number of nitrogens with two attached hydrogens (primary N) is 1. The van der Waals surface area contributed by atoms with E-state index in [1.807, 2.05) is 37.3 Å². The molecule has 0 saturated heterocycles. The lowest BCUT2D eigenvalue weighted by atomic mass is 10.1. The first-order chi connectivity index (χ1) is 13.6. The van der Waals surface area contributed by atoms with Crippen LogP contribution in [0.25, 0.3) is 16.7 Å². The highest BCUT2D eigenvalue weighted by Crippen LogP contribution is 2.36. The minimum atomic E-state index is -0.0642. The third kappa shape index (κ3) is 3.07. The Balaban J connectivity index is 1.65. The van der Waals surface area contributed by atoms with E-state index in [1.54, 1.807) is 6.08 Å². The molecule has 6 nitrogen and oxygen atoms in total. The third-order valence-corrected chi connectivity index (χ3v) is 5.23. The molecule has 1 aliphatic carbocycles. The number of anilines is 2. The number of nitrogens with zero attached hydrogens (tertiary/aromatic N) is 3. The van der Waals surface area contributed by atoms with Crippen LogP contribution in [-0.2, 0) is 17.6 Å². The summed E-state index contributed by atoms with van der Waals surface area (Å²) in [6.07, 6.45) is 8.56. The highest BCUT2D eigenvalue weighted by atomic mass is 16.1. The average Bonchev–Trinajstić information content (AvgIpc) is 3.29. The van der Waals surface area contributed by atoms with Gasteiger partial charge in [0.15, 0.2) is 5.82 Å². The quantitative estimate of drug-likeness (QED) is 0.663. The molecule has 4 rings (SSSR count). The number of hydrogen-bond acceptors (Lipinski definition) is 4. The van der Waals surface area contributed by atoms with Crippen LogP contribution in [0.5, 0.6) is 0 Å². The number of aromatic nitrogens is 3. The average molecular weight is 373 g/mol. The van der Waals surface area contributed by atoms with Crippen molar-refractivity contribution >= 4 is 28.4 Å². The Hall–Kier alpha value is -3.41. The third-order valence-electron chi connectivity index (χ3n) is 5.23. The molecule has 2 aromatic heterocycles. The van der Waals surface area contributed by atoms with E-state index >= 15 is 0 Å². The first-order valence-corrected chi connectivity index (χ1v) is 9.43. The second-order valence-corrected chi connectivity index (χ2v) is 6.91. The van der Waals surface area contributed by atoms with Crippen molar-refractivity contribution in [2.75, 3.05) is 11.1 Å². The van der Waals surface area contributed by atoms with Crippen molar-refractivity contribution in [3.63, 3.8) is 0 Å². The predicted molar refractivity (Wildman–Crippen MR) is 113 cm³/mol. The highest BCUT2D eigenvalue weighted by molar-refractivity contribution is 5.93. The Kier molecular flexibility index (Phi) is 4.69. The summed E-state index contributed by atoms with van der Waals surface area (Å²) >= 11 is 0. The Morgan fingerprint density at radius 3 is 2.79 bits per heavy atom. The number of amides is 1. The Morgan fingerprint density at radius 1 is 1.29 bits per heavy atom. The van der Waals surface area contributed by atoms with Crippen LogP contribution in [0, 0.1) is 0 Å². The maximum absolute atomic E-state index is 12.2. The smallest absolute Gasteiger partial charge is 0.228 e. The maximum Gasteiger partial charge on any atom is 0.228 e. The van der Waals surface area contributed by atoms with Crippen LogP contribution in [0.4, 0.5) is 11.5 Å². The first kappa shape index (κ1) is 18.0. The number of carbonyl (C=O) groups excluding carboxylic acids is 1. The van der Waals surface area contributed by atoms with Gasteiger partial charge in [-0.2, -0.15) is 0 Å². The molecule has 28 heavy (non-hydrogen) atoms. The molecule has 1 aromatic carbocycles. The number of nitrogens with one attached hydrogen (secondary N) is 1. The number of aryl methyl sites for hydroxylation is 1. The summed E-state index contributed by atoms with van der Waals surface area (Å²) in [6, 6.07) is 7.79. The lowest BCUT2D eigenvalue weighted by Crippen LogP contribution is -2.12. The zero-order valence-corrected chi connectivity index (χ0v) is 15.9. The molecule has 0 atom stereocenters. The van der Waals surface area contributed by atoms with E-state index in [1.165, 1.54) is 17.6 Å². The summed E-state index contributed by atoms with van der Waals surface area (Å²) in [5, 5.41) is 2.93. The summed E-state index contributed by atoms with van der Waals surface area (Å²) in [6.45, 7) is 5.62. The van der Waals surface area contributed by atoms with Gasteiger partial charge in [-0.1, -0.05) is 18.7 Å². The fraction of sp³-hybridized carbons (Fsp3) is 0.227. The molecule has 0 aliphatic heterocycles. The molecule has 0 saturated carbocycles. The molecular weight excluding hydrogens is 350 g/mol. The molecule has 0 fully saturated rings. The topological polar surface area (TPSA) is 85.8 Å². The molecule has 142 valence electrons. The van der Waals surface area contributed by atoms with Crippen LogP contribution in [0.1, 0.15) is 31.0 Å². The highest BCUT2D eigenvalue weighted by Gasteiger charge is 2.25. The summed E-state index contributed by atoms with van der Waals surface area (Å²) in [7, 11) is 0. The molecule has 6 heteroatoms. The maximum atomic E-state index is 12.2. The van der Waals surface area contributed by atoms with Crippen molar-refractivity contribution < 1.29 is 4.79 Å². The lowest BCUT2D eigenvalue weighted by molar-refractivity contribution is -0.115. The van der Waals surface area contributed by atoms with Crippen LogP contribution in [0.3, 0.4) is 0 Å². The number of nitrogen functional groups attached to an aromatic ring is 1. The standard InChI is InChI=1S/C22H23N5O/c1-3-14(4-2)12-19(28)26-15-8-10-16(11-9-15)27-18-7-5-6-17(18)20-21(27)22(23)25-13-24-20/h3-4,8-11,13H,1,5-7,12H2,2H3,(H,26,28)(H2,23,24,25)/b14-4+. The molecule has 0 radical (unpaired) electrons. The number of benzene rings is 1. The first-order valence-electron chi connectivity index (χ1n) is 9.43. The van der Waals surface area contributed by atoms with Gasteiger partial charge in [-0.05, 0) is 61.6 Å². The van der Waals surface area contributed by atoms with Gasteiger partial charge in [0.05, 0.1) is 11.9 Å². The van der Waals surface area contributed by atoms with Gasteiger partial charge in [-0.3, -0.25) is 4.79 Å². The van der Waals surface area contributed by atoms with Crippen molar-refractivity contribution in [1.29, 1.82) is 0 Å². The molecule has 0 spiro atoms. The summed E-state index contributed by atoms with van der Waals surface area (Å²) in [5.41, 5.74) is 13.2. The van der Waals surface area contributed by atoms with Gasteiger partial charge in [-0.25, -0.2) is 9.97 Å². The van der Waals surface area contributed by atoms with E-state index < -0.39 is 0 Å². The van der Waals surface area contributed by atoms with Gasteiger partial charge in [0.2, 0.25) is 5.91 Å². The van der Waals surface area contributed by atoms with E-state index in [4.69, 9.17) is 5.73 Å². The predicted octanol–water partition coefficient (Wildman–Crippen LogP) is 3.95. The Bertz CT molecular complexity index is 1090. The monoisotopic (exact) mass is 373 g/mol. The molecule has 0 unspecified atom stereocenters. The summed E-state index contributed by atoms with van der Waals surface area (Å²) < 4.78 is 2.16. The van der Waals surface area contributed by atoms with Gasteiger partial charge in [-0.15, -0.1) is 0 Å². The van der Waals surface area contributed by atoms with E-state index in [0.29, 0.717) is 12.2 Å². The van der Waals surface area contributed by atoms with Crippen LogP contribution in [0.2, 0.25) is 0 Å². The van der Waals surface area contributed by atoms with E-state index in [2.05, 4.69) is 26.4 Å². The van der Waals surface area contributed by atoms with Crippen molar-refractivity contribution in [2.24, 2.45) is 0 Å². The van der Waals surface area contributed by atoms with Crippen molar-refractivity contribution in [2.45, 2.75) is 32.6 Å². The minimum Gasteiger partial charge on any atom is -0.382 e. The second kappa shape index (κ2) is 7.31. The normalized spacial score (nSPS) is 13.5. The summed E-state index contributed by atoms with van der Waals surface area (Å²) in [4.78, 5) is 20.8. The molecule has 3 aromatic rings. The second-order valence-electron chi connectivity index (χ2n) is 6.91. The number of fused-ring (bicyclic) bond motifs is 3. The molecule has 1 aliphatic rings. The zero-order valence-electron chi connectivity index (χ0n) is 15.9. The summed E-state index contributed by atoms with van der Waals surface area (Å²) in [5.74, 6) is 0.422. The Morgan fingerprint density at radius 2 is 2.07 bits per heavy atom. The van der Waals surface area contributed by atoms with Gasteiger partial charge in [0.1, 0.15) is 11.8 Å². The fourth-order valence-electron chi connectivity index (χ4n) is 3.86. The van der Waals surface area contributed by atoms with Gasteiger partial charge < -0.3 is 15.6 Å². The largest absolute Gasteiger partial charge is 0.382 e. The van der Waals surface area contributed by atoms with Crippen LogP contribution >= 0.6 is 0 Å². The minimum absolute atomic E-state index is 0.0642. The fourth-order valence-corrected chi connectivity index (χ4v) is 3.86. The van der Waals surface area contributed by atoms with Crippen LogP contribution in [0.15, 0.2) is 54.9 Å². The van der Waals surface area contributed by atoms with E-state index in [-0.39, 0.29) is 5.91 Å². The van der Waals surface area contributed by atoms with Gasteiger partial charge in [0.25, 0.3) is 0 Å². The SMILES string of the molecule is C=C/C(=C\C)CC(=O)Nc1ccc(-n2c3c(c4ncnc(N)c42)CCC3)cc1. The number of carbonyl (C=O) groups is 1. The number of hydrogen-bond donors (Lipinski definition) is 2. The van der Waals surface area contributed by atoms with Gasteiger partial charge >= 0.3 is 0 Å². The van der Waals surface area contributed by atoms with Crippen molar-refractivity contribution in [3.05, 3.63) is 66.2 Å². The zero-order chi connectivity index (χ0) is 19.7. The van der Waals surface area contributed by atoms with Crippen molar-refractivity contribution in [1.82, 2.24) is 14.5 Å². The van der Waals surface area contributed by atoms with E-state index in [0.717, 1.165) is 47.2 Å². The number of allylic oxidation sites excluding steroid dienone is 2. The molecule has 1 amide bonds. The van der Waals surface area contributed by atoms with Crippen LogP contribution < -0.4 is 11.1 Å².